The Hall–Kier alpha value is -1.68. The van der Waals surface area contributed by atoms with Gasteiger partial charge in [-0.3, -0.25) is 4.57 Å². The van der Waals surface area contributed by atoms with Crippen LogP contribution in [0.2, 0.25) is 0 Å². The van der Waals surface area contributed by atoms with Crippen LogP contribution in [-0.4, -0.2) is 31.7 Å². The Labute approximate surface area is 154 Å². The van der Waals surface area contributed by atoms with E-state index in [9.17, 15) is 0 Å². The third-order valence-corrected chi connectivity index (χ3v) is 8.98. The van der Waals surface area contributed by atoms with Crippen LogP contribution >= 0.6 is 0 Å². The second kappa shape index (κ2) is 8.13. The standard InChI is InChI=1S/C22H31NOSi/c1-7-19-14-13-17-21(18-19)25(23(8-2)9-3,24-22(4,5)6)20-15-11-10-12-16-20/h7,10-18H,1,8-9H2,2-6H3. The first-order valence-electron chi connectivity index (χ1n) is 9.11. The summed E-state index contributed by atoms with van der Waals surface area (Å²) in [5.41, 5.74) is 0.893. The van der Waals surface area contributed by atoms with Crippen molar-refractivity contribution >= 4 is 24.9 Å². The minimum absolute atomic E-state index is 0.241. The van der Waals surface area contributed by atoms with Gasteiger partial charge in [-0.15, -0.1) is 0 Å². The lowest BCUT2D eigenvalue weighted by molar-refractivity contribution is 0.104. The van der Waals surface area contributed by atoms with Gasteiger partial charge in [0.05, 0.1) is 0 Å². The van der Waals surface area contributed by atoms with Gasteiger partial charge in [-0.05, 0) is 49.8 Å². The lowest BCUT2D eigenvalue weighted by Gasteiger charge is -2.45. The van der Waals surface area contributed by atoms with E-state index in [1.165, 1.54) is 10.4 Å². The molecule has 0 aliphatic rings. The molecule has 0 radical (unpaired) electrons. The molecule has 2 nitrogen and oxygen atoms in total. The van der Waals surface area contributed by atoms with E-state index in [0.717, 1.165) is 18.7 Å². The van der Waals surface area contributed by atoms with Crippen LogP contribution in [0.5, 0.6) is 0 Å². The molecule has 0 fully saturated rings. The first-order chi connectivity index (χ1) is 11.9. The second-order valence-electron chi connectivity index (χ2n) is 7.23. The van der Waals surface area contributed by atoms with Crippen molar-refractivity contribution in [2.24, 2.45) is 0 Å². The monoisotopic (exact) mass is 353 g/mol. The maximum Gasteiger partial charge on any atom is 0.339 e. The summed E-state index contributed by atoms with van der Waals surface area (Å²) in [6.07, 6.45) is 1.91. The molecule has 2 rings (SSSR count). The normalized spacial score (nSPS) is 14.3. The summed E-state index contributed by atoms with van der Waals surface area (Å²) in [4.78, 5) is 0. The van der Waals surface area contributed by atoms with Crippen LogP contribution in [-0.2, 0) is 4.43 Å². The molecule has 0 heterocycles. The van der Waals surface area contributed by atoms with Crippen LogP contribution < -0.4 is 10.4 Å². The fraction of sp³-hybridized carbons (Fsp3) is 0.364. The molecule has 0 saturated carbocycles. The van der Waals surface area contributed by atoms with E-state index in [4.69, 9.17) is 4.43 Å². The Balaban J connectivity index is 2.80. The molecule has 0 aromatic heterocycles. The predicted octanol–water partition coefficient (Wildman–Crippen LogP) is 4.04. The maximum absolute atomic E-state index is 6.97. The molecule has 1 atom stereocenters. The highest BCUT2D eigenvalue weighted by Gasteiger charge is 2.47. The van der Waals surface area contributed by atoms with Gasteiger partial charge >= 0.3 is 8.48 Å². The molecule has 2 aromatic carbocycles. The van der Waals surface area contributed by atoms with E-state index >= 15 is 0 Å². The quantitative estimate of drug-likeness (QED) is 0.697. The minimum Gasteiger partial charge on any atom is -0.391 e. The van der Waals surface area contributed by atoms with Gasteiger partial charge in [-0.25, -0.2) is 0 Å². The van der Waals surface area contributed by atoms with Gasteiger partial charge in [-0.2, -0.15) is 0 Å². The number of hydrogen-bond donors (Lipinski definition) is 0. The number of nitrogens with zero attached hydrogens (tertiary/aromatic N) is 1. The number of benzene rings is 2. The van der Waals surface area contributed by atoms with E-state index < -0.39 is 8.48 Å². The van der Waals surface area contributed by atoms with Gasteiger partial charge in [0, 0.05) is 5.60 Å². The average molecular weight is 354 g/mol. The van der Waals surface area contributed by atoms with E-state index in [2.05, 4.69) is 100 Å². The number of hydrogen-bond acceptors (Lipinski definition) is 2. The Morgan fingerprint density at radius 1 is 0.960 bits per heavy atom. The third kappa shape index (κ3) is 4.29. The van der Waals surface area contributed by atoms with Crippen molar-refractivity contribution in [3.05, 3.63) is 66.7 Å². The topological polar surface area (TPSA) is 12.5 Å². The van der Waals surface area contributed by atoms with Crippen LogP contribution in [0.15, 0.2) is 61.2 Å². The van der Waals surface area contributed by atoms with E-state index in [-0.39, 0.29) is 5.60 Å². The van der Waals surface area contributed by atoms with Crippen molar-refractivity contribution in [1.82, 2.24) is 4.57 Å². The van der Waals surface area contributed by atoms with Crippen molar-refractivity contribution in [3.8, 4) is 0 Å². The smallest absolute Gasteiger partial charge is 0.339 e. The molecule has 0 bridgehead atoms. The molecular weight excluding hydrogens is 322 g/mol. The van der Waals surface area contributed by atoms with Crippen LogP contribution in [0.4, 0.5) is 0 Å². The molecule has 0 spiro atoms. The number of rotatable bonds is 7. The zero-order chi connectivity index (χ0) is 18.5. The predicted molar refractivity (Wildman–Crippen MR) is 112 cm³/mol. The molecule has 2 aromatic rings. The van der Waals surface area contributed by atoms with Crippen molar-refractivity contribution < 1.29 is 4.43 Å². The third-order valence-electron chi connectivity index (χ3n) is 4.34. The Kier molecular flexibility index (Phi) is 6.39. The van der Waals surface area contributed by atoms with Crippen LogP contribution in [0, 0.1) is 0 Å². The highest BCUT2D eigenvalue weighted by Crippen LogP contribution is 2.22. The highest BCUT2D eigenvalue weighted by molar-refractivity contribution is 6.95. The van der Waals surface area contributed by atoms with E-state index in [1.807, 2.05) is 6.08 Å². The van der Waals surface area contributed by atoms with Gasteiger partial charge in [0.2, 0.25) is 0 Å². The summed E-state index contributed by atoms with van der Waals surface area (Å²) in [6, 6.07) is 19.4. The second-order valence-corrected chi connectivity index (χ2v) is 10.5. The Morgan fingerprint density at radius 2 is 1.56 bits per heavy atom. The Bertz CT molecular complexity index is 689. The summed E-state index contributed by atoms with van der Waals surface area (Å²) >= 11 is 0. The lowest BCUT2D eigenvalue weighted by Crippen LogP contribution is -2.74. The summed E-state index contributed by atoms with van der Waals surface area (Å²) in [5.74, 6) is 0. The molecule has 1 unspecified atom stereocenters. The minimum atomic E-state index is -2.57. The van der Waals surface area contributed by atoms with Crippen LogP contribution in [0.1, 0.15) is 40.2 Å². The highest BCUT2D eigenvalue weighted by atomic mass is 28.4. The fourth-order valence-electron chi connectivity index (χ4n) is 3.37. The van der Waals surface area contributed by atoms with Gasteiger partial charge < -0.3 is 4.43 Å². The summed E-state index contributed by atoms with van der Waals surface area (Å²) < 4.78 is 9.50. The Morgan fingerprint density at radius 3 is 2.08 bits per heavy atom. The molecule has 0 aliphatic carbocycles. The molecule has 25 heavy (non-hydrogen) atoms. The van der Waals surface area contributed by atoms with Gasteiger partial charge in [0.15, 0.2) is 0 Å². The van der Waals surface area contributed by atoms with Crippen molar-refractivity contribution in [1.29, 1.82) is 0 Å². The van der Waals surface area contributed by atoms with E-state index in [0.29, 0.717) is 0 Å². The molecule has 0 amide bonds. The largest absolute Gasteiger partial charge is 0.391 e. The van der Waals surface area contributed by atoms with Crippen molar-refractivity contribution in [2.45, 2.75) is 40.2 Å². The average Bonchev–Trinajstić information content (AvgIpc) is 2.61. The molecule has 0 aliphatic heterocycles. The van der Waals surface area contributed by atoms with E-state index in [1.54, 1.807) is 0 Å². The van der Waals surface area contributed by atoms with Gasteiger partial charge in [-0.1, -0.05) is 81.1 Å². The van der Waals surface area contributed by atoms with Crippen molar-refractivity contribution in [2.75, 3.05) is 13.1 Å². The zero-order valence-corrected chi connectivity index (χ0v) is 17.3. The van der Waals surface area contributed by atoms with Crippen LogP contribution in [0.25, 0.3) is 6.08 Å². The molecule has 3 heteroatoms. The summed E-state index contributed by atoms with van der Waals surface area (Å²) in [6.45, 7) is 16.7. The fourth-order valence-corrected chi connectivity index (χ4v) is 7.90. The first kappa shape index (κ1) is 19.6. The summed E-state index contributed by atoms with van der Waals surface area (Å²) in [7, 11) is -2.57. The molecule has 134 valence electrons. The van der Waals surface area contributed by atoms with Gasteiger partial charge in [0.1, 0.15) is 0 Å². The maximum atomic E-state index is 6.97. The first-order valence-corrected chi connectivity index (χ1v) is 11.0. The molecular formula is C22H31NOSi. The molecule has 0 saturated heterocycles. The summed E-state index contributed by atoms with van der Waals surface area (Å²) in [5, 5.41) is 2.56. The lowest BCUT2D eigenvalue weighted by atomic mass is 10.2. The van der Waals surface area contributed by atoms with Crippen molar-refractivity contribution in [3.63, 3.8) is 0 Å². The zero-order valence-electron chi connectivity index (χ0n) is 16.3. The van der Waals surface area contributed by atoms with Crippen LogP contribution in [0.3, 0.4) is 0 Å². The molecule has 0 N–H and O–H groups in total. The van der Waals surface area contributed by atoms with Gasteiger partial charge in [0.25, 0.3) is 0 Å². The SMILES string of the molecule is C=Cc1cccc([Si](OC(C)(C)C)(c2ccccc2)N(CC)CC)c1.